The molecule has 0 saturated carbocycles. The molecule has 1 nitrogen and oxygen atoms in total. The molecule has 0 aliphatic heterocycles. The lowest BCUT2D eigenvalue weighted by Gasteiger charge is -2.39. The summed E-state index contributed by atoms with van der Waals surface area (Å²) in [5.74, 6) is -38.3. The number of carbonyl (C=O) groups is 1. The minimum Gasteiger partial charge on any atom is -0.282 e. The Bertz CT molecular complexity index is 743. The lowest BCUT2D eigenvalue weighted by atomic mass is 9.93. The van der Waals surface area contributed by atoms with Crippen molar-refractivity contribution in [3.05, 3.63) is 35.9 Å². The highest BCUT2D eigenvalue weighted by atomic mass is 32.2. The van der Waals surface area contributed by atoms with Gasteiger partial charge in [0.25, 0.3) is 0 Å². The van der Waals surface area contributed by atoms with Crippen molar-refractivity contribution in [2.45, 2.75) is 42.2 Å². The molecule has 0 aliphatic carbocycles. The van der Waals surface area contributed by atoms with Crippen LogP contribution >= 0.6 is 11.8 Å². The maximum absolute atomic E-state index is 13.6. The molecule has 1 rings (SSSR count). The maximum Gasteiger partial charge on any atom is 0.460 e. The standard InChI is InChI=1S/C15H9F13OS/c16-10(17,6-7-30-9(29)8-4-2-1-3-5-8)11(18,19)12(20,21)13(22,23)14(24,25)15(26,27)28/h1-5H,6-7H2. The highest BCUT2D eigenvalue weighted by molar-refractivity contribution is 8.14. The predicted molar refractivity (Wildman–Crippen MR) is 78.6 cm³/mol. The third kappa shape index (κ3) is 4.35. The van der Waals surface area contributed by atoms with Crippen LogP contribution in [0.2, 0.25) is 0 Å². The van der Waals surface area contributed by atoms with Gasteiger partial charge in [-0.2, -0.15) is 57.1 Å². The molecular formula is C15H9F13OS. The van der Waals surface area contributed by atoms with Crippen molar-refractivity contribution in [3.63, 3.8) is 0 Å². The zero-order valence-electron chi connectivity index (χ0n) is 14.0. The number of carbonyl (C=O) groups excluding carboxylic acids is 1. The summed E-state index contributed by atoms with van der Waals surface area (Å²) in [6.45, 7) is 0. The first-order chi connectivity index (χ1) is 13.2. The van der Waals surface area contributed by atoms with Gasteiger partial charge in [-0.05, 0) is 0 Å². The molecule has 0 fully saturated rings. The highest BCUT2D eigenvalue weighted by Gasteiger charge is 2.90. The van der Waals surface area contributed by atoms with Crippen LogP contribution in [-0.2, 0) is 0 Å². The quantitative estimate of drug-likeness (QED) is 0.383. The molecule has 0 amide bonds. The number of thioether (sulfide) groups is 1. The number of halogens is 13. The van der Waals surface area contributed by atoms with Gasteiger partial charge in [-0.25, -0.2) is 0 Å². The van der Waals surface area contributed by atoms with E-state index in [-0.39, 0.29) is 17.3 Å². The fourth-order valence-corrected chi connectivity index (χ4v) is 2.74. The van der Waals surface area contributed by atoms with Gasteiger partial charge in [0.1, 0.15) is 0 Å². The topological polar surface area (TPSA) is 17.1 Å². The molecule has 0 aliphatic rings. The second-order valence-electron chi connectivity index (χ2n) is 5.75. The number of hydrogen-bond acceptors (Lipinski definition) is 2. The van der Waals surface area contributed by atoms with E-state index in [4.69, 9.17) is 0 Å². The van der Waals surface area contributed by atoms with Crippen LogP contribution in [0.4, 0.5) is 57.1 Å². The lowest BCUT2D eigenvalue weighted by Crippen LogP contribution is -2.70. The van der Waals surface area contributed by atoms with E-state index in [1.54, 1.807) is 0 Å². The summed E-state index contributed by atoms with van der Waals surface area (Å²) < 4.78 is 168. The second kappa shape index (κ2) is 8.11. The summed E-state index contributed by atoms with van der Waals surface area (Å²) >= 11 is -0.112. The van der Waals surface area contributed by atoms with E-state index in [1.165, 1.54) is 18.2 Å². The molecule has 0 N–H and O–H groups in total. The van der Waals surface area contributed by atoms with Gasteiger partial charge < -0.3 is 0 Å². The van der Waals surface area contributed by atoms with Crippen LogP contribution in [0.1, 0.15) is 16.8 Å². The van der Waals surface area contributed by atoms with Crippen LogP contribution in [0, 0.1) is 0 Å². The van der Waals surface area contributed by atoms with E-state index in [0.29, 0.717) is 0 Å². The van der Waals surface area contributed by atoms with Gasteiger partial charge in [-0.1, -0.05) is 42.1 Å². The highest BCUT2D eigenvalue weighted by Crippen LogP contribution is 2.60. The average Bonchev–Trinajstić information content (AvgIpc) is 2.60. The summed E-state index contributed by atoms with van der Waals surface area (Å²) in [6, 6.07) is 6.40. The van der Waals surface area contributed by atoms with E-state index >= 15 is 0 Å². The number of benzene rings is 1. The first-order valence-electron chi connectivity index (χ1n) is 7.42. The molecule has 1 aromatic rings. The molecule has 0 aromatic heterocycles. The van der Waals surface area contributed by atoms with Crippen molar-refractivity contribution in [1.82, 2.24) is 0 Å². The Labute approximate surface area is 163 Å². The zero-order chi connectivity index (χ0) is 23.8. The van der Waals surface area contributed by atoms with Crippen LogP contribution in [0.3, 0.4) is 0 Å². The Kier molecular flexibility index (Phi) is 7.13. The van der Waals surface area contributed by atoms with Crippen molar-refractivity contribution in [2.24, 2.45) is 0 Å². The molecule has 1 aromatic carbocycles. The zero-order valence-corrected chi connectivity index (χ0v) is 14.8. The molecule has 0 atom stereocenters. The van der Waals surface area contributed by atoms with Crippen LogP contribution < -0.4 is 0 Å². The van der Waals surface area contributed by atoms with Gasteiger partial charge in [0.05, 0.1) is 0 Å². The smallest absolute Gasteiger partial charge is 0.282 e. The van der Waals surface area contributed by atoms with Gasteiger partial charge >= 0.3 is 35.8 Å². The first-order valence-corrected chi connectivity index (χ1v) is 8.40. The fraction of sp³-hybridized carbons (Fsp3) is 0.533. The van der Waals surface area contributed by atoms with Crippen molar-refractivity contribution >= 4 is 16.9 Å². The molecule has 15 heteroatoms. The summed E-state index contributed by atoms with van der Waals surface area (Å²) in [5.41, 5.74) is -0.126. The van der Waals surface area contributed by atoms with Gasteiger partial charge in [-0.15, -0.1) is 0 Å². The Morgan fingerprint density at radius 1 is 0.667 bits per heavy atom. The van der Waals surface area contributed by atoms with Crippen molar-refractivity contribution in [1.29, 1.82) is 0 Å². The number of hydrogen-bond donors (Lipinski definition) is 0. The predicted octanol–water partition coefficient (Wildman–Crippen LogP) is 6.69. The monoisotopic (exact) mass is 484 g/mol. The van der Waals surface area contributed by atoms with Crippen LogP contribution in [0.5, 0.6) is 0 Å². The van der Waals surface area contributed by atoms with Crippen molar-refractivity contribution in [3.8, 4) is 0 Å². The van der Waals surface area contributed by atoms with Gasteiger partial charge in [-0.3, -0.25) is 4.79 Å². The maximum atomic E-state index is 13.6. The molecule has 0 unspecified atom stereocenters. The van der Waals surface area contributed by atoms with E-state index in [9.17, 15) is 61.9 Å². The average molecular weight is 484 g/mol. The Morgan fingerprint density at radius 3 is 1.53 bits per heavy atom. The molecule has 0 heterocycles. The number of rotatable bonds is 8. The molecule has 172 valence electrons. The van der Waals surface area contributed by atoms with Crippen LogP contribution in [-0.4, -0.2) is 46.7 Å². The minimum atomic E-state index is -7.92. The normalized spacial score (nSPS) is 14.7. The molecule has 0 saturated heterocycles. The molecule has 0 radical (unpaired) electrons. The van der Waals surface area contributed by atoms with E-state index in [1.807, 2.05) is 0 Å². The largest absolute Gasteiger partial charge is 0.460 e. The molecule has 30 heavy (non-hydrogen) atoms. The van der Waals surface area contributed by atoms with E-state index < -0.39 is 53.1 Å². The second-order valence-corrected chi connectivity index (χ2v) is 6.82. The van der Waals surface area contributed by atoms with Crippen molar-refractivity contribution in [2.75, 3.05) is 5.75 Å². The van der Waals surface area contributed by atoms with Gasteiger partial charge in [0.2, 0.25) is 5.12 Å². The first kappa shape index (κ1) is 26.4. The molecular weight excluding hydrogens is 475 g/mol. The molecule has 0 bridgehead atoms. The van der Waals surface area contributed by atoms with E-state index in [0.717, 1.165) is 12.1 Å². The Balaban J connectivity index is 3.07. The summed E-state index contributed by atoms with van der Waals surface area (Å²) in [7, 11) is 0. The van der Waals surface area contributed by atoms with Crippen LogP contribution in [0.25, 0.3) is 0 Å². The lowest BCUT2D eigenvalue weighted by molar-refractivity contribution is -0.439. The van der Waals surface area contributed by atoms with Gasteiger partial charge in [0, 0.05) is 17.7 Å². The van der Waals surface area contributed by atoms with Gasteiger partial charge in [0.15, 0.2) is 0 Å². The summed E-state index contributed by atoms with van der Waals surface area (Å²) in [6.07, 6.45) is -9.85. The third-order valence-corrected chi connectivity index (χ3v) is 4.56. The minimum absolute atomic E-state index is 0.112. The Hall–Kier alpha value is -1.67. The van der Waals surface area contributed by atoms with Crippen molar-refractivity contribution < 1.29 is 61.9 Å². The van der Waals surface area contributed by atoms with E-state index in [2.05, 4.69) is 0 Å². The summed E-state index contributed by atoms with van der Waals surface area (Å²) in [4.78, 5) is 11.6. The third-order valence-electron chi connectivity index (χ3n) is 3.66. The SMILES string of the molecule is O=C(SCCC(F)(F)C(F)(F)C(F)(F)C(F)(F)C(F)(F)C(F)(F)F)c1ccccc1. The Morgan fingerprint density at radius 2 is 1.10 bits per heavy atom. The fourth-order valence-electron chi connectivity index (χ4n) is 1.89. The summed E-state index contributed by atoms with van der Waals surface area (Å²) in [5, 5.41) is -1.00. The van der Waals surface area contributed by atoms with Crippen LogP contribution in [0.15, 0.2) is 30.3 Å². The molecule has 0 spiro atoms. The number of alkyl halides is 13.